The molecule has 3 rings (SSSR count). The number of amides is 1. The Morgan fingerprint density at radius 3 is 2.70 bits per heavy atom. The molecule has 0 aliphatic rings. The van der Waals surface area contributed by atoms with E-state index in [0.29, 0.717) is 17.5 Å². The van der Waals surface area contributed by atoms with Gasteiger partial charge in [-0.15, -0.1) is 0 Å². The molecule has 1 amide bonds. The van der Waals surface area contributed by atoms with Crippen molar-refractivity contribution in [2.24, 2.45) is 0 Å². The number of benzene rings is 2. The monoisotopic (exact) mass is 471 g/mol. The molecule has 0 N–H and O–H groups in total. The smallest absolute Gasteiger partial charge is 0.261 e. The highest BCUT2D eigenvalue weighted by Crippen LogP contribution is 2.26. The molecule has 0 radical (unpaired) electrons. The number of rotatable bonds is 8. The largest absolute Gasteiger partial charge is 0.483 e. The quantitative estimate of drug-likeness (QED) is 0.452. The molecule has 0 atom stereocenters. The molecular weight excluding hydrogens is 446 g/mol. The number of carbonyl (C=O) groups is 1. The van der Waals surface area contributed by atoms with E-state index >= 15 is 0 Å². The fourth-order valence-electron chi connectivity index (χ4n) is 3.03. The van der Waals surface area contributed by atoms with Crippen LogP contribution in [-0.4, -0.2) is 33.6 Å². The Morgan fingerprint density at radius 2 is 2.03 bits per heavy atom. The van der Waals surface area contributed by atoms with Crippen molar-refractivity contribution in [2.75, 3.05) is 6.61 Å². The normalized spacial score (nSPS) is 11.0. The van der Waals surface area contributed by atoms with Crippen LogP contribution < -0.4 is 4.74 Å². The molecule has 0 bridgehead atoms. The summed E-state index contributed by atoms with van der Waals surface area (Å²) in [7, 11) is 0. The standard InChI is InChI=1S/C23H26BrN3O3/c1-5-17-9-10-20(19(24)12-17)29-14-22(28)27(15(2)3)13-21-25-23(26-30-21)18-8-6-7-16(4)11-18/h6-12,15H,5,13-14H2,1-4H3. The van der Waals surface area contributed by atoms with Crippen LogP contribution >= 0.6 is 15.9 Å². The second-order valence-electron chi connectivity index (χ2n) is 7.40. The Hall–Kier alpha value is -2.67. The van der Waals surface area contributed by atoms with Crippen molar-refractivity contribution in [3.8, 4) is 17.1 Å². The molecule has 2 aromatic carbocycles. The summed E-state index contributed by atoms with van der Waals surface area (Å²) in [5, 5.41) is 4.06. The highest BCUT2D eigenvalue weighted by Gasteiger charge is 2.21. The first-order valence-corrected chi connectivity index (χ1v) is 10.8. The Bertz CT molecular complexity index is 1020. The van der Waals surface area contributed by atoms with E-state index in [-0.39, 0.29) is 25.1 Å². The van der Waals surface area contributed by atoms with E-state index in [1.807, 2.05) is 63.2 Å². The second-order valence-corrected chi connectivity index (χ2v) is 8.26. The van der Waals surface area contributed by atoms with E-state index < -0.39 is 0 Å². The van der Waals surface area contributed by atoms with Crippen LogP contribution in [0.3, 0.4) is 0 Å². The van der Waals surface area contributed by atoms with E-state index in [0.717, 1.165) is 22.0 Å². The molecule has 3 aromatic rings. The molecule has 30 heavy (non-hydrogen) atoms. The number of hydrogen-bond acceptors (Lipinski definition) is 5. The fraction of sp³-hybridized carbons (Fsp3) is 0.348. The van der Waals surface area contributed by atoms with E-state index in [9.17, 15) is 4.79 Å². The molecular formula is C23H26BrN3O3. The maximum atomic E-state index is 12.8. The van der Waals surface area contributed by atoms with Crippen molar-refractivity contribution in [3.63, 3.8) is 0 Å². The van der Waals surface area contributed by atoms with Gasteiger partial charge in [-0.1, -0.05) is 41.9 Å². The number of ether oxygens (including phenoxy) is 1. The second kappa shape index (κ2) is 9.89. The summed E-state index contributed by atoms with van der Waals surface area (Å²) in [4.78, 5) is 18.9. The molecule has 0 saturated carbocycles. The average molecular weight is 472 g/mol. The van der Waals surface area contributed by atoms with Crippen molar-refractivity contribution in [3.05, 3.63) is 64.0 Å². The highest BCUT2D eigenvalue weighted by molar-refractivity contribution is 9.10. The van der Waals surface area contributed by atoms with Crippen molar-refractivity contribution in [1.82, 2.24) is 15.0 Å². The summed E-state index contributed by atoms with van der Waals surface area (Å²) in [6.07, 6.45) is 0.938. The van der Waals surface area contributed by atoms with Crippen LogP contribution in [0.2, 0.25) is 0 Å². The van der Waals surface area contributed by atoms with Crippen LogP contribution in [-0.2, 0) is 17.8 Å². The van der Waals surface area contributed by atoms with Crippen molar-refractivity contribution < 1.29 is 14.1 Å². The third-order valence-corrected chi connectivity index (χ3v) is 5.37. The van der Waals surface area contributed by atoms with Crippen LogP contribution in [0, 0.1) is 6.92 Å². The van der Waals surface area contributed by atoms with Crippen molar-refractivity contribution in [1.29, 1.82) is 0 Å². The highest BCUT2D eigenvalue weighted by atomic mass is 79.9. The summed E-state index contributed by atoms with van der Waals surface area (Å²) in [6.45, 7) is 8.16. The van der Waals surface area contributed by atoms with E-state index in [1.165, 1.54) is 5.56 Å². The molecule has 0 aliphatic heterocycles. The summed E-state index contributed by atoms with van der Waals surface area (Å²) < 4.78 is 12.0. The first-order chi connectivity index (χ1) is 14.4. The lowest BCUT2D eigenvalue weighted by molar-refractivity contribution is -0.136. The fourth-order valence-corrected chi connectivity index (χ4v) is 3.57. The Kier molecular flexibility index (Phi) is 7.26. The maximum Gasteiger partial charge on any atom is 0.261 e. The van der Waals surface area contributed by atoms with Gasteiger partial charge < -0.3 is 14.2 Å². The molecule has 0 unspecified atom stereocenters. The van der Waals surface area contributed by atoms with Gasteiger partial charge in [0.05, 0.1) is 4.47 Å². The van der Waals surface area contributed by atoms with E-state index in [4.69, 9.17) is 9.26 Å². The average Bonchev–Trinajstić information content (AvgIpc) is 3.19. The van der Waals surface area contributed by atoms with Gasteiger partial charge in [0.25, 0.3) is 5.91 Å². The minimum Gasteiger partial charge on any atom is -0.483 e. The van der Waals surface area contributed by atoms with Gasteiger partial charge in [0.2, 0.25) is 11.7 Å². The first-order valence-electron chi connectivity index (χ1n) is 9.97. The molecule has 6 nitrogen and oxygen atoms in total. The lowest BCUT2D eigenvalue weighted by Crippen LogP contribution is -2.39. The SMILES string of the molecule is CCc1ccc(OCC(=O)N(Cc2nc(-c3cccc(C)c3)no2)C(C)C)c(Br)c1. The van der Waals surface area contributed by atoms with Gasteiger partial charge in [-0.25, -0.2) is 0 Å². The van der Waals surface area contributed by atoms with Crippen LogP contribution in [0.25, 0.3) is 11.4 Å². The number of aryl methyl sites for hydroxylation is 2. The molecule has 0 aliphatic carbocycles. The van der Waals surface area contributed by atoms with Crippen LogP contribution in [0.5, 0.6) is 5.75 Å². The third-order valence-electron chi connectivity index (χ3n) is 4.75. The predicted molar refractivity (Wildman–Crippen MR) is 119 cm³/mol. The molecule has 7 heteroatoms. The molecule has 1 heterocycles. The summed E-state index contributed by atoms with van der Waals surface area (Å²) in [5.74, 6) is 1.40. The molecule has 158 valence electrons. The third kappa shape index (κ3) is 5.48. The predicted octanol–water partition coefficient (Wildman–Crippen LogP) is 5.19. The molecule has 0 saturated heterocycles. The Morgan fingerprint density at radius 1 is 1.23 bits per heavy atom. The zero-order valence-electron chi connectivity index (χ0n) is 17.7. The lowest BCUT2D eigenvalue weighted by Gasteiger charge is -2.25. The topological polar surface area (TPSA) is 68.5 Å². The molecule has 1 aromatic heterocycles. The van der Waals surface area contributed by atoms with E-state index in [2.05, 4.69) is 33.0 Å². The van der Waals surface area contributed by atoms with E-state index in [1.54, 1.807) is 4.90 Å². The molecule has 0 fully saturated rings. The van der Waals surface area contributed by atoms with Gasteiger partial charge in [0.15, 0.2) is 6.61 Å². The van der Waals surface area contributed by atoms with Crippen molar-refractivity contribution >= 4 is 21.8 Å². The minimum atomic E-state index is -0.147. The number of nitrogens with zero attached hydrogens (tertiary/aromatic N) is 3. The number of aromatic nitrogens is 2. The van der Waals surface area contributed by atoms with Crippen LogP contribution in [0.4, 0.5) is 0 Å². The number of halogens is 1. The van der Waals surface area contributed by atoms with Crippen LogP contribution in [0.1, 0.15) is 37.8 Å². The number of carbonyl (C=O) groups excluding carboxylic acids is 1. The Balaban J connectivity index is 1.66. The van der Waals surface area contributed by atoms with Gasteiger partial charge in [0.1, 0.15) is 12.3 Å². The van der Waals surface area contributed by atoms with Gasteiger partial charge in [-0.2, -0.15) is 4.98 Å². The van der Waals surface area contributed by atoms with Gasteiger partial charge >= 0.3 is 0 Å². The van der Waals surface area contributed by atoms with Crippen molar-refractivity contribution in [2.45, 2.75) is 46.7 Å². The summed E-state index contributed by atoms with van der Waals surface area (Å²) >= 11 is 3.50. The number of hydrogen-bond donors (Lipinski definition) is 0. The lowest BCUT2D eigenvalue weighted by atomic mass is 10.1. The maximum absolute atomic E-state index is 12.8. The summed E-state index contributed by atoms with van der Waals surface area (Å²) in [5.41, 5.74) is 3.20. The van der Waals surface area contributed by atoms with Gasteiger partial charge in [0, 0.05) is 11.6 Å². The van der Waals surface area contributed by atoms with Crippen LogP contribution in [0.15, 0.2) is 51.5 Å². The zero-order valence-corrected chi connectivity index (χ0v) is 19.3. The molecule has 0 spiro atoms. The first kappa shape index (κ1) is 22.0. The summed E-state index contributed by atoms with van der Waals surface area (Å²) in [6, 6.07) is 13.7. The zero-order chi connectivity index (χ0) is 21.7. The van der Waals surface area contributed by atoms with Gasteiger partial charge in [-0.05, 0) is 66.9 Å². The Labute approximate surface area is 185 Å². The minimum absolute atomic E-state index is 0.0404. The van der Waals surface area contributed by atoms with Gasteiger partial charge in [-0.3, -0.25) is 4.79 Å².